The van der Waals surface area contributed by atoms with Gasteiger partial charge in [-0.3, -0.25) is 9.48 Å². The first-order valence-electron chi connectivity index (χ1n) is 4.57. The summed E-state index contributed by atoms with van der Waals surface area (Å²) in [6.45, 7) is 8.33. The van der Waals surface area contributed by atoms with E-state index in [0.29, 0.717) is 17.5 Å². The molecule has 1 atom stereocenters. The van der Waals surface area contributed by atoms with E-state index in [1.807, 2.05) is 11.6 Å². The first-order valence-corrected chi connectivity index (χ1v) is 4.57. The number of hydrogen-bond acceptors (Lipinski definition) is 2. The summed E-state index contributed by atoms with van der Waals surface area (Å²) >= 11 is 0. The number of rotatable bonds is 3. The van der Waals surface area contributed by atoms with Gasteiger partial charge in [0.15, 0.2) is 6.29 Å². The van der Waals surface area contributed by atoms with Gasteiger partial charge in [-0.1, -0.05) is 13.8 Å². The Morgan fingerprint density at radius 1 is 1.46 bits per heavy atom. The summed E-state index contributed by atoms with van der Waals surface area (Å²) in [5.74, 6) is 0.526. The van der Waals surface area contributed by atoms with E-state index in [2.05, 4.69) is 25.9 Å². The number of carbonyl (C=O) groups is 1. The Bertz CT molecular complexity index is 302. The second kappa shape index (κ2) is 3.73. The molecular weight excluding hydrogens is 164 g/mol. The van der Waals surface area contributed by atoms with Crippen molar-refractivity contribution in [1.29, 1.82) is 0 Å². The zero-order chi connectivity index (χ0) is 10.0. The van der Waals surface area contributed by atoms with Crippen LogP contribution in [0.3, 0.4) is 0 Å². The minimum absolute atomic E-state index is 0.341. The van der Waals surface area contributed by atoms with Gasteiger partial charge in [-0.25, -0.2) is 0 Å². The molecule has 0 aliphatic heterocycles. The highest BCUT2D eigenvalue weighted by molar-refractivity contribution is 5.75. The summed E-state index contributed by atoms with van der Waals surface area (Å²) in [5.41, 5.74) is 1.64. The van der Waals surface area contributed by atoms with Crippen molar-refractivity contribution in [1.82, 2.24) is 9.78 Å². The van der Waals surface area contributed by atoms with Crippen LogP contribution >= 0.6 is 0 Å². The van der Waals surface area contributed by atoms with Crippen molar-refractivity contribution >= 4 is 6.29 Å². The molecule has 0 radical (unpaired) electrons. The molecule has 72 valence electrons. The summed E-state index contributed by atoms with van der Waals surface area (Å²) in [7, 11) is 0. The molecule has 0 bridgehead atoms. The Kier molecular flexibility index (Phi) is 2.86. The molecule has 3 heteroatoms. The maximum Gasteiger partial charge on any atom is 0.153 e. The third-order valence-electron chi connectivity index (χ3n) is 2.56. The largest absolute Gasteiger partial charge is 0.298 e. The van der Waals surface area contributed by atoms with Gasteiger partial charge in [0.2, 0.25) is 0 Å². The molecule has 0 aliphatic carbocycles. The fourth-order valence-corrected chi connectivity index (χ4v) is 1.25. The van der Waals surface area contributed by atoms with Crippen LogP contribution in [0.25, 0.3) is 0 Å². The van der Waals surface area contributed by atoms with Crippen LogP contribution < -0.4 is 0 Å². The van der Waals surface area contributed by atoms with Crippen LogP contribution in [0.2, 0.25) is 0 Å². The minimum Gasteiger partial charge on any atom is -0.298 e. The van der Waals surface area contributed by atoms with E-state index in [-0.39, 0.29) is 0 Å². The van der Waals surface area contributed by atoms with Gasteiger partial charge >= 0.3 is 0 Å². The van der Waals surface area contributed by atoms with Crippen LogP contribution in [0.15, 0.2) is 6.20 Å². The molecule has 1 aromatic rings. The van der Waals surface area contributed by atoms with E-state index >= 15 is 0 Å². The van der Waals surface area contributed by atoms with Gasteiger partial charge in [-0.15, -0.1) is 0 Å². The molecule has 1 heterocycles. The summed E-state index contributed by atoms with van der Waals surface area (Å²) in [6.07, 6.45) is 2.48. The molecular formula is C10H16N2O. The number of nitrogens with zero attached hydrogens (tertiary/aromatic N) is 2. The smallest absolute Gasteiger partial charge is 0.153 e. The third-order valence-corrected chi connectivity index (χ3v) is 2.56. The molecule has 0 saturated heterocycles. The van der Waals surface area contributed by atoms with Gasteiger partial charge in [-0.05, 0) is 19.8 Å². The van der Waals surface area contributed by atoms with Crippen molar-refractivity contribution < 1.29 is 4.79 Å². The van der Waals surface area contributed by atoms with Crippen LogP contribution in [0.4, 0.5) is 0 Å². The normalized spacial score (nSPS) is 13.3. The van der Waals surface area contributed by atoms with Crippen molar-refractivity contribution in [2.24, 2.45) is 5.92 Å². The lowest BCUT2D eigenvalue weighted by molar-refractivity contribution is 0.112. The number of hydrogen-bond donors (Lipinski definition) is 0. The molecule has 1 rings (SSSR count). The lowest BCUT2D eigenvalue weighted by Gasteiger charge is -2.17. The zero-order valence-electron chi connectivity index (χ0n) is 8.61. The molecule has 0 aliphatic rings. The van der Waals surface area contributed by atoms with Crippen molar-refractivity contribution in [3.8, 4) is 0 Å². The molecule has 13 heavy (non-hydrogen) atoms. The first kappa shape index (κ1) is 9.96. The second-order valence-corrected chi connectivity index (χ2v) is 3.73. The summed E-state index contributed by atoms with van der Waals surface area (Å²) in [6, 6.07) is 0.341. The van der Waals surface area contributed by atoms with E-state index < -0.39 is 0 Å². The van der Waals surface area contributed by atoms with Crippen molar-refractivity contribution in [2.45, 2.75) is 33.7 Å². The summed E-state index contributed by atoms with van der Waals surface area (Å²) < 4.78 is 1.91. The summed E-state index contributed by atoms with van der Waals surface area (Å²) in [5, 5.41) is 4.19. The SMILES string of the molecule is Cc1c(C=O)cnn1C(C)C(C)C. The minimum atomic E-state index is 0.341. The van der Waals surface area contributed by atoms with Gasteiger partial charge in [0.05, 0.1) is 17.8 Å². The number of carbonyl (C=O) groups excluding carboxylic acids is 1. The highest BCUT2D eigenvalue weighted by Gasteiger charge is 2.14. The van der Waals surface area contributed by atoms with E-state index in [1.54, 1.807) is 6.20 Å². The molecule has 0 fully saturated rings. The first-order chi connectivity index (χ1) is 6.07. The fourth-order valence-electron chi connectivity index (χ4n) is 1.25. The third kappa shape index (κ3) is 1.79. The maximum absolute atomic E-state index is 10.6. The van der Waals surface area contributed by atoms with Gasteiger partial charge in [0.1, 0.15) is 0 Å². The monoisotopic (exact) mass is 180 g/mol. The standard InChI is InChI=1S/C10H16N2O/c1-7(2)8(3)12-9(4)10(6-13)5-11-12/h5-8H,1-4H3. The van der Waals surface area contributed by atoms with Gasteiger partial charge < -0.3 is 0 Å². The molecule has 3 nitrogen and oxygen atoms in total. The Labute approximate surface area is 78.8 Å². The molecule has 0 aromatic carbocycles. The van der Waals surface area contributed by atoms with Crippen LogP contribution in [-0.4, -0.2) is 16.1 Å². The highest BCUT2D eigenvalue weighted by atomic mass is 16.1. The average molecular weight is 180 g/mol. The Hall–Kier alpha value is -1.12. The van der Waals surface area contributed by atoms with Gasteiger partial charge in [-0.2, -0.15) is 5.10 Å². The maximum atomic E-state index is 10.6. The molecule has 1 aromatic heterocycles. The number of aldehydes is 1. The van der Waals surface area contributed by atoms with Crippen LogP contribution in [0, 0.1) is 12.8 Å². The van der Waals surface area contributed by atoms with Crippen molar-refractivity contribution in [2.75, 3.05) is 0 Å². The van der Waals surface area contributed by atoms with E-state index in [0.717, 1.165) is 12.0 Å². The summed E-state index contributed by atoms with van der Waals surface area (Å²) in [4.78, 5) is 10.6. The predicted molar refractivity (Wildman–Crippen MR) is 51.9 cm³/mol. The zero-order valence-corrected chi connectivity index (χ0v) is 8.61. The van der Waals surface area contributed by atoms with Crippen molar-refractivity contribution in [3.63, 3.8) is 0 Å². The van der Waals surface area contributed by atoms with Crippen molar-refractivity contribution in [3.05, 3.63) is 17.5 Å². The van der Waals surface area contributed by atoms with E-state index in [1.165, 1.54) is 0 Å². The Balaban J connectivity index is 3.01. The van der Waals surface area contributed by atoms with Crippen LogP contribution in [0.1, 0.15) is 42.9 Å². The topological polar surface area (TPSA) is 34.9 Å². The quantitative estimate of drug-likeness (QED) is 0.668. The van der Waals surface area contributed by atoms with Crippen LogP contribution in [0.5, 0.6) is 0 Å². The van der Waals surface area contributed by atoms with Gasteiger partial charge in [0, 0.05) is 5.69 Å². The van der Waals surface area contributed by atoms with Gasteiger partial charge in [0.25, 0.3) is 0 Å². The predicted octanol–water partition coefficient (Wildman–Crippen LogP) is 2.22. The highest BCUT2D eigenvalue weighted by Crippen LogP contribution is 2.18. The molecule has 1 unspecified atom stereocenters. The van der Waals surface area contributed by atoms with E-state index in [9.17, 15) is 4.79 Å². The second-order valence-electron chi connectivity index (χ2n) is 3.73. The lowest BCUT2D eigenvalue weighted by Crippen LogP contribution is -2.14. The Morgan fingerprint density at radius 2 is 2.08 bits per heavy atom. The lowest BCUT2D eigenvalue weighted by atomic mass is 10.1. The fraction of sp³-hybridized carbons (Fsp3) is 0.600. The molecule has 0 amide bonds. The van der Waals surface area contributed by atoms with Crippen LogP contribution in [-0.2, 0) is 0 Å². The molecule has 0 saturated carbocycles. The Morgan fingerprint density at radius 3 is 2.46 bits per heavy atom. The molecule has 0 N–H and O–H groups in total. The average Bonchev–Trinajstić information content (AvgIpc) is 2.45. The number of aromatic nitrogens is 2. The molecule has 0 spiro atoms. The van der Waals surface area contributed by atoms with E-state index in [4.69, 9.17) is 0 Å².